The van der Waals surface area contributed by atoms with Crippen molar-refractivity contribution in [2.45, 2.75) is 12.6 Å². The van der Waals surface area contributed by atoms with Gasteiger partial charge in [-0.3, -0.25) is 0 Å². The Morgan fingerprint density at radius 2 is 1.76 bits per heavy atom. The topological polar surface area (TPSA) is 15.3 Å². The first kappa shape index (κ1) is 13.8. The average molecular weight is 246 g/mol. The zero-order valence-electron chi connectivity index (χ0n) is 10.0. The molecule has 1 rings (SSSR count). The molecule has 2 nitrogen and oxygen atoms in total. The molecule has 1 aromatic carbocycles. The lowest BCUT2D eigenvalue weighted by atomic mass is 10.2. The number of hydrogen-bond acceptors (Lipinski definition) is 2. The summed E-state index contributed by atoms with van der Waals surface area (Å²) in [5.74, 6) is 0. The van der Waals surface area contributed by atoms with Gasteiger partial charge in [0, 0.05) is 19.3 Å². The molecule has 0 fully saturated rings. The molecule has 5 heteroatoms. The van der Waals surface area contributed by atoms with Crippen LogP contribution < -0.4 is 10.2 Å². The predicted octanol–water partition coefficient (Wildman–Crippen LogP) is 2.75. The SMILES string of the molecule is CNCCCN(C)c1ccc(C(F)(F)F)cc1. The maximum absolute atomic E-state index is 12.3. The quantitative estimate of drug-likeness (QED) is 0.804. The summed E-state index contributed by atoms with van der Waals surface area (Å²) in [5.41, 5.74) is 0.193. The van der Waals surface area contributed by atoms with E-state index in [1.807, 2.05) is 19.0 Å². The van der Waals surface area contributed by atoms with E-state index in [2.05, 4.69) is 5.32 Å². The number of nitrogens with one attached hydrogen (secondary N) is 1. The second-order valence-corrected chi connectivity index (χ2v) is 3.92. The second-order valence-electron chi connectivity index (χ2n) is 3.92. The van der Waals surface area contributed by atoms with Crippen LogP contribution >= 0.6 is 0 Å². The number of benzene rings is 1. The van der Waals surface area contributed by atoms with Crippen LogP contribution in [0.25, 0.3) is 0 Å². The first-order valence-electron chi connectivity index (χ1n) is 5.48. The Kier molecular flexibility index (Phi) is 4.81. The van der Waals surface area contributed by atoms with Crippen LogP contribution in [0.15, 0.2) is 24.3 Å². The van der Waals surface area contributed by atoms with Gasteiger partial charge < -0.3 is 10.2 Å². The molecule has 0 bridgehead atoms. The molecule has 0 saturated heterocycles. The van der Waals surface area contributed by atoms with Crippen molar-refractivity contribution in [3.63, 3.8) is 0 Å². The lowest BCUT2D eigenvalue weighted by Gasteiger charge is -2.19. The molecule has 0 unspecified atom stereocenters. The van der Waals surface area contributed by atoms with Gasteiger partial charge in [-0.15, -0.1) is 0 Å². The van der Waals surface area contributed by atoms with Crippen molar-refractivity contribution in [2.24, 2.45) is 0 Å². The van der Waals surface area contributed by atoms with E-state index in [4.69, 9.17) is 0 Å². The van der Waals surface area contributed by atoms with Crippen molar-refractivity contribution in [3.8, 4) is 0 Å². The molecule has 1 N–H and O–H groups in total. The monoisotopic (exact) mass is 246 g/mol. The summed E-state index contributed by atoms with van der Waals surface area (Å²) in [6.07, 6.45) is -3.31. The molecular formula is C12H17F3N2. The summed E-state index contributed by atoms with van der Waals surface area (Å²) in [5, 5.41) is 3.03. The van der Waals surface area contributed by atoms with Crippen LogP contribution in [-0.4, -0.2) is 27.2 Å². The third-order valence-corrected chi connectivity index (χ3v) is 2.56. The van der Waals surface area contributed by atoms with E-state index in [1.165, 1.54) is 12.1 Å². The van der Waals surface area contributed by atoms with E-state index in [0.717, 1.165) is 37.3 Å². The van der Waals surface area contributed by atoms with Crippen LogP contribution in [0.2, 0.25) is 0 Å². The highest BCUT2D eigenvalue weighted by Crippen LogP contribution is 2.30. The molecule has 0 spiro atoms. The lowest BCUT2D eigenvalue weighted by molar-refractivity contribution is -0.137. The number of rotatable bonds is 5. The third kappa shape index (κ3) is 4.26. The Morgan fingerprint density at radius 1 is 1.18 bits per heavy atom. The molecule has 0 saturated carbocycles. The summed E-state index contributed by atoms with van der Waals surface area (Å²) < 4.78 is 37.0. The molecule has 1 aromatic rings. The van der Waals surface area contributed by atoms with Crippen LogP contribution in [0, 0.1) is 0 Å². The van der Waals surface area contributed by atoms with Gasteiger partial charge >= 0.3 is 6.18 Å². The molecule has 0 aromatic heterocycles. The molecule has 0 atom stereocenters. The van der Waals surface area contributed by atoms with Crippen molar-refractivity contribution in [3.05, 3.63) is 29.8 Å². The molecular weight excluding hydrogens is 229 g/mol. The molecule has 0 aliphatic rings. The number of alkyl halides is 3. The van der Waals surface area contributed by atoms with E-state index in [0.29, 0.717) is 0 Å². The van der Waals surface area contributed by atoms with Gasteiger partial charge in [0.15, 0.2) is 0 Å². The standard InChI is InChI=1S/C12H17F3N2/c1-16-8-3-9-17(2)11-6-4-10(5-7-11)12(13,14)15/h4-7,16H,3,8-9H2,1-2H3. The Bertz CT molecular complexity index is 333. The number of hydrogen-bond donors (Lipinski definition) is 1. The van der Waals surface area contributed by atoms with Crippen molar-refractivity contribution < 1.29 is 13.2 Å². The fourth-order valence-electron chi connectivity index (χ4n) is 1.53. The highest BCUT2D eigenvalue weighted by atomic mass is 19.4. The molecule has 17 heavy (non-hydrogen) atoms. The zero-order valence-corrected chi connectivity index (χ0v) is 10.0. The van der Waals surface area contributed by atoms with Crippen molar-refractivity contribution in [2.75, 3.05) is 32.1 Å². The van der Waals surface area contributed by atoms with Crippen molar-refractivity contribution >= 4 is 5.69 Å². The molecule has 0 aliphatic heterocycles. The summed E-state index contributed by atoms with van der Waals surface area (Å²) in [6, 6.07) is 5.23. The first-order chi connectivity index (χ1) is 7.95. The normalized spacial score (nSPS) is 11.6. The van der Waals surface area contributed by atoms with E-state index in [9.17, 15) is 13.2 Å². The Morgan fingerprint density at radius 3 is 2.24 bits per heavy atom. The highest BCUT2D eigenvalue weighted by Gasteiger charge is 2.29. The molecule has 0 radical (unpaired) electrons. The zero-order chi connectivity index (χ0) is 12.9. The van der Waals surface area contributed by atoms with Gasteiger partial charge in [-0.05, 0) is 44.3 Å². The minimum Gasteiger partial charge on any atom is -0.375 e. The van der Waals surface area contributed by atoms with Crippen LogP contribution in [0.5, 0.6) is 0 Å². The van der Waals surface area contributed by atoms with Crippen molar-refractivity contribution in [1.29, 1.82) is 0 Å². The van der Waals surface area contributed by atoms with Gasteiger partial charge in [-0.25, -0.2) is 0 Å². The minimum absolute atomic E-state index is 0.607. The second kappa shape index (κ2) is 5.91. The summed E-state index contributed by atoms with van der Waals surface area (Å²) >= 11 is 0. The Balaban J connectivity index is 2.61. The van der Waals surface area contributed by atoms with E-state index < -0.39 is 11.7 Å². The highest BCUT2D eigenvalue weighted by molar-refractivity contribution is 5.47. The largest absolute Gasteiger partial charge is 0.416 e. The van der Waals surface area contributed by atoms with Gasteiger partial charge in [0.25, 0.3) is 0 Å². The fourth-order valence-corrected chi connectivity index (χ4v) is 1.53. The number of nitrogens with zero attached hydrogens (tertiary/aromatic N) is 1. The Hall–Kier alpha value is -1.23. The van der Waals surface area contributed by atoms with E-state index in [-0.39, 0.29) is 0 Å². The number of halogens is 3. The Labute approximate surface area is 99.4 Å². The first-order valence-corrected chi connectivity index (χ1v) is 5.48. The average Bonchev–Trinajstić information content (AvgIpc) is 2.28. The maximum Gasteiger partial charge on any atom is 0.416 e. The molecule has 0 heterocycles. The van der Waals surface area contributed by atoms with Crippen LogP contribution in [0.4, 0.5) is 18.9 Å². The molecule has 0 amide bonds. The van der Waals surface area contributed by atoms with Crippen molar-refractivity contribution in [1.82, 2.24) is 5.32 Å². The van der Waals surface area contributed by atoms with E-state index in [1.54, 1.807) is 0 Å². The minimum atomic E-state index is -4.26. The van der Waals surface area contributed by atoms with Crippen LogP contribution in [-0.2, 0) is 6.18 Å². The van der Waals surface area contributed by atoms with Crippen LogP contribution in [0.1, 0.15) is 12.0 Å². The van der Waals surface area contributed by atoms with Gasteiger partial charge in [0.1, 0.15) is 0 Å². The van der Waals surface area contributed by atoms with Gasteiger partial charge in [0.2, 0.25) is 0 Å². The predicted molar refractivity (Wildman–Crippen MR) is 63.3 cm³/mol. The molecule has 96 valence electrons. The van der Waals surface area contributed by atoms with Gasteiger partial charge in [0.05, 0.1) is 5.56 Å². The van der Waals surface area contributed by atoms with Crippen LogP contribution in [0.3, 0.4) is 0 Å². The summed E-state index contributed by atoms with van der Waals surface area (Å²) in [4.78, 5) is 1.94. The van der Waals surface area contributed by atoms with Gasteiger partial charge in [-0.2, -0.15) is 13.2 Å². The summed E-state index contributed by atoms with van der Waals surface area (Å²) in [6.45, 7) is 1.71. The smallest absolute Gasteiger partial charge is 0.375 e. The maximum atomic E-state index is 12.3. The molecule has 0 aliphatic carbocycles. The van der Waals surface area contributed by atoms with E-state index >= 15 is 0 Å². The van der Waals surface area contributed by atoms with Gasteiger partial charge in [-0.1, -0.05) is 0 Å². The fraction of sp³-hybridized carbons (Fsp3) is 0.500. The number of anilines is 1. The lowest BCUT2D eigenvalue weighted by Crippen LogP contribution is -2.22. The third-order valence-electron chi connectivity index (χ3n) is 2.56. The summed E-state index contributed by atoms with van der Waals surface area (Å²) in [7, 11) is 3.75.